The Morgan fingerprint density at radius 3 is 2.81 bits per heavy atom. The highest BCUT2D eigenvalue weighted by Crippen LogP contribution is 2.51. The van der Waals surface area contributed by atoms with E-state index < -0.39 is 12.2 Å². The Labute approximate surface area is 126 Å². The van der Waals surface area contributed by atoms with Crippen LogP contribution >= 0.6 is 0 Å². The molecule has 0 saturated heterocycles. The van der Waals surface area contributed by atoms with Crippen LogP contribution in [0.3, 0.4) is 0 Å². The third kappa shape index (κ3) is 3.20. The van der Waals surface area contributed by atoms with Gasteiger partial charge in [-0.05, 0) is 43.1 Å². The van der Waals surface area contributed by atoms with Gasteiger partial charge in [0, 0.05) is 6.61 Å². The van der Waals surface area contributed by atoms with Gasteiger partial charge < -0.3 is 14.9 Å². The second-order valence-corrected chi connectivity index (χ2v) is 6.38. The SMILES string of the molecule is OC1C=C2CCC[C@@]2(CCOCc2ccccc2)CC1O. The minimum absolute atomic E-state index is 0.0648. The van der Waals surface area contributed by atoms with Crippen LogP contribution in [-0.4, -0.2) is 29.0 Å². The summed E-state index contributed by atoms with van der Waals surface area (Å²) < 4.78 is 5.82. The number of fused-ring (bicyclic) bond motifs is 1. The van der Waals surface area contributed by atoms with Crippen molar-refractivity contribution in [3.05, 3.63) is 47.5 Å². The standard InChI is InChI=1S/C18H24O3/c19-16-11-15-7-4-8-18(15,12-17(16)20)9-10-21-13-14-5-2-1-3-6-14/h1-3,5-6,11,16-17,19-20H,4,7-10,12-13H2/t16?,17?,18-/m1/s1. The molecule has 3 atom stereocenters. The lowest BCUT2D eigenvalue weighted by molar-refractivity contribution is -0.00270. The number of hydrogen-bond donors (Lipinski definition) is 2. The van der Waals surface area contributed by atoms with Crippen LogP contribution in [0.15, 0.2) is 42.0 Å². The van der Waals surface area contributed by atoms with Crippen LogP contribution in [-0.2, 0) is 11.3 Å². The molecule has 21 heavy (non-hydrogen) atoms. The van der Waals surface area contributed by atoms with E-state index in [4.69, 9.17) is 4.74 Å². The molecular weight excluding hydrogens is 264 g/mol. The average molecular weight is 288 g/mol. The molecule has 2 aliphatic rings. The van der Waals surface area contributed by atoms with Gasteiger partial charge in [0.25, 0.3) is 0 Å². The molecule has 114 valence electrons. The van der Waals surface area contributed by atoms with Gasteiger partial charge in [-0.15, -0.1) is 0 Å². The molecule has 3 rings (SSSR count). The molecule has 2 unspecified atom stereocenters. The van der Waals surface area contributed by atoms with E-state index in [1.807, 2.05) is 24.3 Å². The van der Waals surface area contributed by atoms with Crippen molar-refractivity contribution in [3.8, 4) is 0 Å². The third-order valence-electron chi connectivity index (χ3n) is 4.99. The highest BCUT2D eigenvalue weighted by molar-refractivity contribution is 5.25. The predicted octanol–water partition coefficient (Wildman–Crippen LogP) is 2.82. The molecule has 1 aromatic rings. The van der Waals surface area contributed by atoms with Crippen LogP contribution in [0.1, 0.15) is 37.7 Å². The average Bonchev–Trinajstić information content (AvgIpc) is 2.88. The van der Waals surface area contributed by atoms with Gasteiger partial charge in [-0.25, -0.2) is 0 Å². The first-order valence-electron chi connectivity index (χ1n) is 7.89. The van der Waals surface area contributed by atoms with Crippen molar-refractivity contribution < 1.29 is 14.9 Å². The first-order chi connectivity index (χ1) is 10.2. The molecule has 0 bridgehead atoms. The fourth-order valence-corrected chi connectivity index (χ4v) is 3.79. The number of hydrogen-bond acceptors (Lipinski definition) is 3. The third-order valence-corrected chi connectivity index (χ3v) is 4.99. The van der Waals surface area contributed by atoms with E-state index in [0.29, 0.717) is 19.6 Å². The fourth-order valence-electron chi connectivity index (χ4n) is 3.79. The second-order valence-electron chi connectivity index (χ2n) is 6.38. The Kier molecular flexibility index (Phi) is 4.43. The fraction of sp³-hybridized carbons (Fsp3) is 0.556. The largest absolute Gasteiger partial charge is 0.390 e. The van der Waals surface area contributed by atoms with E-state index in [0.717, 1.165) is 25.7 Å². The maximum Gasteiger partial charge on any atom is 0.0983 e. The van der Waals surface area contributed by atoms with Crippen LogP contribution in [0.5, 0.6) is 0 Å². The molecule has 1 aromatic carbocycles. The lowest BCUT2D eigenvalue weighted by Crippen LogP contribution is -2.38. The highest BCUT2D eigenvalue weighted by atomic mass is 16.5. The van der Waals surface area contributed by atoms with Gasteiger partial charge in [-0.3, -0.25) is 0 Å². The minimum Gasteiger partial charge on any atom is -0.390 e. The normalized spacial score (nSPS) is 31.8. The molecule has 2 aliphatic carbocycles. The van der Waals surface area contributed by atoms with Gasteiger partial charge in [0.05, 0.1) is 18.8 Å². The zero-order valence-corrected chi connectivity index (χ0v) is 12.4. The zero-order valence-electron chi connectivity index (χ0n) is 12.4. The molecule has 1 fully saturated rings. The summed E-state index contributed by atoms with van der Waals surface area (Å²) in [5, 5.41) is 19.8. The Bertz CT molecular complexity index is 496. The smallest absolute Gasteiger partial charge is 0.0983 e. The van der Waals surface area contributed by atoms with Crippen LogP contribution < -0.4 is 0 Å². The summed E-state index contributed by atoms with van der Waals surface area (Å²) in [6.45, 7) is 1.34. The van der Waals surface area contributed by atoms with Gasteiger partial charge in [-0.2, -0.15) is 0 Å². The summed E-state index contributed by atoms with van der Waals surface area (Å²) >= 11 is 0. The maximum atomic E-state index is 9.99. The zero-order chi connectivity index (χ0) is 14.7. The quantitative estimate of drug-likeness (QED) is 0.647. The van der Waals surface area contributed by atoms with Crippen molar-refractivity contribution in [2.45, 2.75) is 50.9 Å². The molecule has 2 N–H and O–H groups in total. The first kappa shape index (κ1) is 14.8. The van der Waals surface area contributed by atoms with E-state index in [1.54, 1.807) is 0 Å². The van der Waals surface area contributed by atoms with E-state index in [9.17, 15) is 10.2 Å². The number of benzene rings is 1. The van der Waals surface area contributed by atoms with Crippen LogP contribution in [0.25, 0.3) is 0 Å². The minimum atomic E-state index is -0.684. The monoisotopic (exact) mass is 288 g/mol. The van der Waals surface area contributed by atoms with E-state index in [-0.39, 0.29) is 5.41 Å². The Morgan fingerprint density at radius 2 is 2.00 bits per heavy atom. The molecule has 3 nitrogen and oxygen atoms in total. The molecule has 1 saturated carbocycles. The number of aliphatic hydroxyl groups excluding tert-OH is 2. The maximum absolute atomic E-state index is 9.99. The summed E-state index contributed by atoms with van der Waals surface area (Å²) in [5.41, 5.74) is 2.59. The van der Waals surface area contributed by atoms with E-state index in [2.05, 4.69) is 12.1 Å². The Morgan fingerprint density at radius 1 is 1.19 bits per heavy atom. The van der Waals surface area contributed by atoms with Gasteiger partial charge in [0.2, 0.25) is 0 Å². The van der Waals surface area contributed by atoms with Gasteiger partial charge in [0.1, 0.15) is 0 Å². The molecule has 0 aromatic heterocycles. The number of rotatable bonds is 5. The summed E-state index contributed by atoms with van der Waals surface area (Å²) in [4.78, 5) is 0. The van der Waals surface area contributed by atoms with Gasteiger partial charge >= 0.3 is 0 Å². The lowest BCUT2D eigenvalue weighted by atomic mass is 9.70. The molecule has 0 spiro atoms. The van der Waals surface area contributed by atoms with Crippen molar-refractivity contribution in [3.63, 3.8) is 0 Å². The topological polar surface area (TPSA) is 49.7 Å². The molecule has 0 aliphatic heterocycles. The lowest BCUT2D eigenvalue weighted by Gasteiger charge is -2.38. The highest BCUT2D eigenvalue weighted by Gasteiger charge is 2.43. The molecule has 3 heteroatoms. The van der Waals surface area contributed by atoms with Crippen molar-refractivity contribution in [2.75, 3.05) is 6.61 Å². The molecule has 0 radical (unpaired) electrons. The second kappa shape index (κ2) is 6.30. The summed E-state index contributed by atoms with van der Waals surface area (Å²) in [6.07, 6.45) is 5.52. The van der Waals surface area contributed by atoms with Crippen molar-refractivity contribution in [2.24, 2.45) is 5.41 Å². The van der Waals surface area contributed by atoms with Crippen LogP contribution in [0.2, 0.25) is 0 Å². The summed E-state index contributed by atoms with van der Waals surface area (Å²) in [7, 11) is 0. The Hall–Kier alpha value is -1.16. The van der Waals surface area contributed by atoms with Crippen molar-refractivity contribution >= 4 is 0 Å². The predicted molar refractivity (Wildman–Crippen MR) is 81.7 cm³/mol. The summed E-state index contributed by atoms with van der Waals surface area (Å²) in [5.74, 6) is 0. The Balaban J connectivity index is 1.55. The number of allylic oxidation sites excluding steroid dienone is 1. The van der Waals surface area contributed by atoms with E-state index in [1.165, 1.54) is 11.1 Å². The molecular formula is C18H24O3. The van der Waals surface area contributed by atoms with Gasteiger partial charge in [0.15, 0.2) is 0 Å². The van der Waals surface area contributed by atoms with Crippen LogP contribution in [0.4, 0.5) is 0 Å². The summed E-state index contributed by atoms with van der Waals surface area (Å²) in [6, 6.07) is 10.2. The van der Waals surface area contributed by atoms with Crippen molar-refractivity contribution in [1.82, 2.24) is 0 Å². The first-order valence-corrected chi connectivity index (χ1v) is 7.89. The van der Waals surface area contributed by atoms with Crippen LogP contribution in [0, 0.1) is 5.41 Å². The van der Waals surface area contributed by atoms with E-state index >= 15 is 0 Å². The van der Waals surface area contributed by atoms with Gasteiger partial charge in [-0.1, -0.05) is 42.0 Å². The number of ether oxygens (including phenoxy) is 1. The molecule has 0 heterocycles. The number of aliphatic hydroxyl groups is 2. The molecule has 0 amide bonds. The van der Waals surface area contributed by atoms with Crippen molar-refractivity contribution in [1.29, 1.82) is 0 Å².